The van der Waals surface area contributed by atoms with Gasteiger partial charge in [-0.1, -0.05) is 216 Å². The highest BCUT2D eigenvalue weighted by Crippen LogP contribution is 2.46. The van der Waals surface area contributed by atoms with Crippen molar-refractivity contribution >= 4 is 72.6 Å². The molecule has 11 aromatic rings. The molecule has 0 amide bonds. The first kappa shape index (κ1) is 39.4. The Hall–Kier alpha value is -7.20. The van der Waals surface area contributed by atoms with Gasteiger partial charge in [-0.15, -0.1) is 0 Å². The second-order valence-electron chi connectivity index (χ2n) is 19.5. The molecule has 0 bridgehead atoms. The van der Waals surface area contributed by atoms with Crippen LogP contribution in [0.1, 0.15) is 51.7 Å². The van der Waals surface area contributed by atoms with Gasteiger partial charge in [0.05, 0.1) is 16.7 Å². The van der Waals surface area contributed by atoms with Crippen LogP contribution >= 0.6 is 0 Å². The van der Waals surface area contributed by atoms with Gasteiger partial charge in [-0.25, -0.2) is 0 Å². The molecular formula is C62H51NOSi. The van der Waals surface area contributed by atoms with E-state index >= 15 is 0 Å². The van der Waals surface area contributed by atoms with Crippen molar-refractivity contribution in [1.29, 1.82) is 0 Å². The topological polar surface area (TPSA) is 18.1 Å². The molecule has 0 N–H and O–H groups in total. The monoisotopic (exact) mass is 853 g/mol. The fraction of sp³-hybridized carbons (Fsp3) is 0.129. The lowest BCUT2D eigenvalue weighted by Crippen LogP contribution is -2.75. The molecule has 9 aromatic carbocycles. The van der Waals surface area contributed by atoms with Crippen LogP contribution in [0.15, 0.2) is 217 Å². The van der Waals surface area contributed by atoms with Crippen LogP contribution in [0.25, 0.3) is 71.7 Å². The quantitative estimate of drug-likeness (QED) is 0.115. The second kappa shape index (κ2) is 14.9. The van der Waals surface area contributed by atoms with Gasteiger partial charge in [-0.3, -0.25) is 0 Å². The van der Waals surface area contributed by atoms with Gasteiger partial charge in [0.2, 0.25) is 0 Å². The van der Waals surface area contributed by atoms with Gasteiger partial charge in [-0.2, -0.15) is 0 Å². The molecule has 0 saturated carbocycles. The summed E-state index contributed by atoms with van der Waals surface area (Å²) in [4.78, 5) is 0. The minimum absolute atomic E-state index is 0.0461. The van der Waals surface area contributed by atoms with Crippen LogP contribution < -0.4 is 20.7 Å². The molecular weight excluding hydrogens is 803 g/mol. The Morgan fingerprint density at radius 3 is 1.52 bits per heavy atom. The van der Waals surface area contributed by atoms with Crippen LogP contribution in [-0.4, -0.2) is 12.6 Å². The highest BCUT2D eigenvalue weighted by molar-refractivity contribution is 7.20. The maximum atomic E-state index is 6.65. The Morgan fingerprint density at radius 2 is 0.908 bits per heavy atom. The van der Waals surface area contributed by atoms with Gasteiger partial charge < -0.3 is 8.98 Å². The summed E-state index contributed by atoms with van der Waals surface area (Å²) in [5.41, 5.74) is 13.1. The summed E-state index contributed by atoms with van der Waals surface area (Å²) in [6, 6.07) is 79.9. The SMILES string of the molecule is CC1(C)CCC(C)(C)c2cc([Si](c3ccccc3)(c3ccccc3)c3cc(-c4ccccc4)c(-n4c5ccccc5c5cc6c(cc54)oc4ccccc46)c(-c4ccccc4)c3)ccc21. The molecule has 2 heterocycles. The summed E-state index contributed by atoms with van der Waals surface area (Å²) in [6.45, 7) is 9.79. The van der Waals surface area contributed by atoms with Crippen LogP contribution in [0.4, 0.5) is 0 Å². The number of para-hydroxylation sites is 2. The Morgan fingerprint density at radius 1 is 0.385 bits per heavy atom. The maximum Gasteiger partial charge on any atom is 0.179 e. The summed E-state index contributed by atoms with van der Waals surface area (Å²) >= 11 is 0. The molecule has 0 aliphatic heterocycles. The smallest absolute Gasteiger partial charge is 0.179 e. The lowest BCUT2D eigenvalue weighted by Gasteiger charge is -2.43. The van der Waals surface area contributed by atoms with Crippen molar-refractivity contribution in [2.75, 3.05) is 0 Å². The van der Waals surface area contributed by atoms with Gasteiger partial charge in [0.25, 0.3) is 0 Å². The third kappa shape index (κ3) is 6.13. The van der Waals surface area contributed by atoms with Crippen LogP contribution in [0, 0.1) is 0 Å². The van der Waals surface area contributed by atoms with E-state index in [-0.39, 0.29) is 10.8 Å². The predicted octanol–water partition coefficient (Wildman–Crippen LogP) is 13.7. The van der Waals surface area contributed by atoms with E-state index in [1.165, 1.54) is 71.3 Å². The van der Waals surface area contributed by atoms with E-state index < -0.39 is 8.07 Å². The third-order valence-corrected chi connectivity index (χ3v) is 19.5. The molecule has 3 heteroatoms. The molecule has 1 aliphatic carbocycles. The van der Waals surface area contributed by atoms with Crippen molar-refractivity contribution in [3.8, 4) is 27.9 Å². The van der Waals surface area contributed by atoms with Crippen molar-refractivity contribution in [3.63, 3.8) is 0 Å². The van der Waals surface area contributed by atoms with Crippen molar-refractivity contribution in [2.45, 2.75) is 51.4 Å². The van der Waals surface area contributed by atoms with Crippen molar-refractivity contribution < 1.29 is 4.42 Å². The van der Waals surface area contributed by atoms with Gasteiger partial charge in [0.15, 0.2) is 8.07 Å². The van der Waals surface area contributed by atoms with Gasteiger partial charge in [0.1, 0.15) is 11.2 Å². The van der Waals surface area contributed by atoms with Crippen molar-refractivity contribution in [2.24, 2.45) is 0 Å². The first-order valence-electron chi connectivity index (χ1n) is 23.1. The Labute approximate surface area is 382 Å². The predicted molar refractivity (Wildman–Crippen MR) is 278 cm³/mol. The lowest BCUT2D eigenvalue weighted by atomic mass is 9.63. The van der Waals surface area contributed by atoms with E-state index in [0.717, 1.165) is 45.1 Å². The van der Waals surface area contributed by atoms with E-state index in [9.17, 15) is 0 Å². The number of aromatic nitrogens is 1. The van der Waals surface area contributed by atoms with Crippen LogP contribution in [0.3, 0.4) is 0 Å². The minimum Gasteiger partial charge on any atom is -0.456 e. The zero-order chi connectivity index (χ0) is 43.9. The number of nitrogens with zero attached hydrogens (tertiary/aromatic N) is 1. The van der Waals surface area contributed by atoms with Gasteiger partial charge >= 0.3 is 0 Å². The Balaban J connectivity index is 1.26. The average molecular weight is 854 g/mol. The lowest BCUT2D eigenvalue weighted by molar-refractivity contribution is 0.332. The molecule has 0 atom stereocenters. The fourth-order valence-electron chi connectivity index (χ4n) is 11.4. The highest BCUT2D eigenvalue weighted by atomic mass is 28.3. The van der Waals surface area contributed by atoms with Crippen molar-refractivity contribution in [1.82, 2.24) is 4.57 Å². The number of benzene rings is 9. The largest absolute Gasteiger partial charge is 0.456 e. The first-order chi connectivity index (χ1) is 31.7. The first-order valence-corrected chi connectivity index (χ1v) is 25.1. The molecule has 0 fully saturated rings. The summed E-state index contributed by atoms with van der Waals surface area (Å²) in [5, 5.41) is 10.2. The van der Waals surface area contributed by atoms with E-state index in [0.29, 0.717) is 0 Å². The molecule has 0 unspecified atom stereocenters. The van der Waals surface area contributed by atoms with Crippen LogP contribution in [-0.2, 0) is 10.8 Å². The average Bonchev–Trinajstić information content (AvgIpc) is 3.88. The van der Waals surface area contributed by atoms with Crippen LogP contribution in [0.5, 0.6) is 0 Å². The van der Waals surface area contributed by atoms with E-state index in [1.807, 2.05) is 0 Å². The summed E-state index contributed by atoms with van der Waals surface area (Å²) in [7, 11) is -3.09. The number of fused-ring (bicyclic) bond motifs is 7. The molecule has 314 valence electrons. The summed E-state index contributed by atoms with van der Waals surface area (Å²) < 4.78 is 9.18. The molecule has 0 spiro atoms. The maximum absolute atomic E-state index is 6.65. The van der Waals surface area contributed by atoms with Crippen molar-refractivity contribution in [3.05, 3.63) is 223 Å². The molecule has 2 aromatic heterocycles. The molecule has 0 radical (unpaired) electrons. The molecule has 12 rings (SSSR count). The zero-order valence-electron chi connectivity index (χ0n) is 37.5. The van der Waals surface area contributed by atoms with Gasteiger partial charge in [0, 0.05) is 38.7 Å². The molecule has 65 heavy (non-hydrogen) atoms. The number of rotatable bonds is 7. The van der Waals surface area contributed by atoms with E-state index in [2.05, 4.69) is 245 Å². The second-order valence-corrected chi connectivity index (χ2v) is 23.3. The highest BCUT2D eigenvalue weighted by Gasteiger charge is 2.45. The molecule has 0 saturated heterocycles. The third-order valence-electron chi connectivity index (χ3n) is 14.8. The normalized spacial score (nSPS) is 14.6. The molecule has 2 nitrogen and oxygen atoms in total. The Kier molecular flexibility index (Phi) is 9.05. The molecule has 1 aliphatic rings. The van der Waals surface area contributed by atoms with Gasteiger partial charge in [-0.05, 0) is 84.9 Å². The fourth-order valence-corrected chi connectivity index (χ4v) is 16.2. The number of furan rings is 1. The van der Waals surface area contributed by atoms with E-state index in [4.69, 9.17) is 4.42 Å². The standard InChI is InChI=1S/C62H51NOSi/c1-61(2)35-36-62(3,4)55-39-46(33-34-54(55)61)65(44-25-13-7-14-26-44,45-27-15-8-16-28-45)47-37-50(42-21-9-5-10-22-42)60(51(38-47)43-23-11-6-12-24-43)63-56-31-19-17-29-48(56)52-40-53-49-30-18-20-32-58(49)64-59(53)41-57(52)63/h5-34,37-41H,35-36H2,1-4H3. The minimum atomic E-state index is -3.09. The van der Waals surface area contributed by atoms with Crippen LogP contribution in [0.2, 0.25) is 0 Å². The Bertz CT molecular complexity index is 3480. The number of hydrogen-bond donors (Lipinski definition) is 0. The zero-order valence-corrected chi connectivity index (χ0v) is 38.5. The summed E-state index contributed by atoms with van der Waals surface area (Å²) in [5.74, 6) is 0. The number of hydrogen-bond acceptors (Lipinski definition) is 1. The summed E-state index contributed by atoms with van der Waals surface area (Å²) in [6.07, 6.45) is 2.34. The van der Waals surface area contributed by atoms with E-state index in [1.54, 1.807) is 0 Å².